The molecule has 1 aromatic carbocycles. The molecule has 144 valence electrons. The van der Waals surface area contributed by atoms with Gasteiger partial charge in [-0.1, -0.05) is 12.1 Å². The Balaban J connectivity index is 1.97. The smallest absolute Gasteiger partial charge is 0.207 e. The highest BCUT2D eigenvalue weighted by molar-refractivity contribution is 6.34. The molecule has 0 N–H and O–H groups in total. The molecule has 2 rings (SSSR count). The predicted molar refractivity (Wildman–Crippen MR) is 115 cm³/mol. The lowest BCUT2D eigenvalue weighted by Crippen LogP contribution is -2.20. The van der Waals surface area contributed by atoms with Gasteiger partial charge in [0.05, 0.1) is 30.9 Å². The molecule has 1 atom stereocenters. The minimum absolute atomic E-state index is 0.0817. The maximum Gasteiger partial charge on any atom is 0.207 e. The molecule has 0 saturated heterocycles. The minimum Gasteiger partial charge on any atom is -0.497 e. The summed E-state index contributed by atoms with van der Waals surface area (Å²) in [6.07, 6.45) is 3.79. The summed E-state index contributed by atoms with van der Waals surface area (Å²) in [5, 5.41) is 0. The molecule has 0 aliphatic heterocycles. The molecule has 0 bridgehead atoms. The number of aromatic nitrogens is 1. The van der Waals surface area contributed by atoms with Gasteiger partial charge >= 0.3 is 0 Å². The average molecular weight is 367 g/mol. The highest BCUT2D eigenvalue weighted by atomic mass is 16.5. The Kier molecular flexibility index (Phi) is 7.71. The maximum absolute atomic E-state index is 6.10. The van der Waals surface area contributed by atoms with E-state index in [4.69, 9.17) is 9.47 Å². The maximum atomic E-state index is 6.10. The molecule has 1 aromatic heterocycles. The molecule has 1 heterocycles. The summed E-state index contributed by atoms with van der Waals surface area (Å²) >= 11 is 0. The molecule has 1 unspecified atom stereocenters. The predicted octanol–water partition coefficient (Wildman–Crippen LogP) is 2.67. The van der Waals surface area contributed by atoms with Gasteiger partial charge in [0, 0.05) is 13.6 Å². The van der Waals surface area contributed by atoms with E-state index < -0.39 is 0 Å². The van der Waals surface area contributed by atoms with E-state index in [0.29, 0.717) is 5.88 Å². The summed E-state index contributed by atoms with van der Waals surface area (Å²) < 4.78 is 11.3. The third-order valence-electron chi connectivity index (χ3n) is 4.53. The number of hydrogen-bond acceptors (Lipinski definition) is 4. The molecule has 0 aliphatic carbocycles. The van der Waals surface area contributed by atoms with Crippen LogP contribution >= 0.6 is 0 Å². The number of ether oxygens (including phenoxy) is 2. The SMILES string of the molecule is Bc1cc(/N=C/N(C)CC)c(C)nc1OC(C)CCc1ccc(OC)cc1. The third-order valence-corrected chi connectivity index (χ3v) is 4.53. The Hall–Kier alpha value is -2.50. The van der Waals surface area contributed by atoms with E-state index in [0.717, 1.165) is 42.0 Å². The second kappa shape index (κ2) is 10.00. The van der Waals surface area contributed by atoms with Crippen LogP contribution in [0.4, 0.5) is 5.69 Å². The number of hydrogen-bond donors (Lipinski definition) is 0. The molecule has 27 heavy (non-hydrogen) atoms. The van der Waals surface area contributed by atoms with Gasteiger partial charge in [-0.2, -0.15) is 0 Å². The topological polar surface area (TPSA) is 47.0 Å². The Bertz CT molecular complexity index is 763. The lowest BCUT2D eigenvalue weighted by Gasteiger charge is -2.17. The molecule has 5 nitrogen and oxygen atoms in total. The summed E-state index contributed by atoms with van der Waals surface area (Å²) in [6.45, 7) is 7.06. The fourth-order valence-corrected chi connectivity index (χ4v) is 2.57. The highest BCUT2D eigenvalue weighted by Gasteiger charge is 2.11. The van der Waals surface area contributed by atoms with Crippen LogP contribution in [0.25, 0.3) is 0 Å². The van der Waals surface area contributed by atoms with Crippen molar-refractivity contribution in [2.45, 2.75) is 39.7 Å². The zero-order valence-corrected chi connectivity index (χ0v) is 17.3. The van der Waals surface area contributed by atoms with Crippen molar-refractivity contribution in [3.8, 4) is 11.6 Å². The van der Waals surface area contributed by atoms with Crippen LogP contribution in [-0.2, 0) is 6.42 Å². The van der Waals surface area contributed by atoms with Crippen LogP contribution in [-0.4, -0.2) is 50.9 Å². The van der Waals surface area contributed by atoms with Gasteiger partial charge in [0.25, 0.3) is 0 Å². The number of pyridine rings is 1. The zero-order chi connectivity index (χ0) is 19.8. The average Bonchev–Trinajstić information content (AvgIpc) is 2.67. The van der Waals surface area contributed by atoms with Gasteiger partial charge in [-0.15, -0.1) is 0 Å². The van der Waals surface area contributed by atoms with Gasteiger partial charge < -0.3 is 14.4 Å². The zero-order valence-electron chi connectivity index (χ0n) is 17.3. The number of methoxy groups -OCH3 is 1. The van der Waals surface area contributed by atoms with Crippen LogP contribution < -0.4 is 14.9 Å². The summed E-state index contributed by atoms with van der Waals surface area (Å²) in [5.41, 5.74) is 4.03. The van der Waals surface area contributed by atoms with Crippen molar-refractivity contribution < 1.29 is 9.47 Å². The van der Waals surface area contributed by atoms with Crippen LogP contribution in [0.2, 0.25) is 0 Å². The molecule has 0 radical (unpaired) electrons. The van der Waals surface area contributed by atoms with Crippen molar-refractivity contribution in [1.82, 2.24) is 9.88 Å². The third kappa shape index (κ3) is 6.31. The molecular formula is C21H30BN3O2. The van der Waals surface area contributed by atoms with Gasteiger partial charge in [0.2, 0.25) is 5.88 Å². The standard InChI is InChI=1S/C21H30BN3O2/c1-6-25(4)14-23-20-13-19(22)21(24-16(20)3)27-15(2)7-8-17-9-11-18(26-5)12-10-17/h9-15H,6-8,22H2,1-5H3/b23-14+. The first kappa shape index (κ1) is 20.8. The van der Waals surface area contributed by atoms with Crippen molar-refractivity contribution in [2.24, 2.45) is 4.99 Å². The van der Waals surface area contributed by atoms with Crippen molar-refractivity contribution >= 4 is 25.3 Å². The van der Waals surface area contributed by atoms with Crippen LogP contribution in [0.15, 0.2) is 35.3 Å². The van der Waals surface area contributed by atoms with Crippen LogP contribution in [0.3, 0.4) is 0 Å². The lowest BCUT2D eigenvalue weighted by atomic mass is 9.96. The van der Waals surface area contributed by atoms with Gasteiger partial charge in [0.1, 0.15) is 13.6 Å². The van der Waals surface area contributed by atoms with Crippen molar-refractivity contribution in [3.05, 3.63) is 41.6 Å². The van der Waals surface area contributed by atoms with E-state index in [1.165, 1.54) is 5.56 Å². The summed E-state index contributed by atoms with van der Waals surface area (Å²) in [6, 6.07) is 10.2. The second-order valence-corrected chi connectivity index (χ2v) is 6.85. The van der Waals surface area contributed by atoms with Crippen LogP contribution in [0.1, 0.15) is 31.5 Å². The molecule has 0 aliphatic rings. The summed E-state index contributed by atoms with van der Waals surface area (Å²) in [7, 11) is 5.70. The Labute approximate surface area is 163 Å². The van der Waals surface area contributed by atoms with Crippen LogP contribution in [0, 0.1) is 6.92 Å². The molecule has 0 fully saturated rings. The first-order valence-corrected chi connectivity index (χ1v) is 9.45. The Morgan fingerprint density at radius 1 is 1.30 bits per heavy atom. The molecule has 0 spiro atoms. The number of benzene rings is 1. The fraction of sp³-hybridized carbons (Fsp3) is 0.429. The largest absolute Gasteiger partial charge is 0.497 e. The van der Waals surface area contributed by atoms with E-state index in [9.17, 15) is 0 Å². The van der Waals surface area contributed by atoms with Gasteiger partial charge in [0.15, 0.2) is 0 Å². The normalized spacial score (nSPS) is 12.2. The first-order chi connectivity index (χ1) is 12.9. The lowest BCUT2D eigenvalue weighted by molar-refractivity contribution is 0.204. The van der Waals surface area contributed by atoms with E-state index in [-0.39, 0.29) is 6.10 Å². The molecule has 6 heteroatoms. The fourth-order valence-electron chi connectivity index (χ4n) is 2.57. The quantitative estimate of drug-likeness (QED) is 0.388. The Morgan fingerprint density at radius 3 is 2.63 bits per heavy atom. The van der Waals surface area contributed by atoms with Gasteiger partial charge in [-0.3, -0.25) is 0 Å². The van der Waals surface area contributed by atoms with Crippen LogP contribution in [0.5, 0.6) is 11.6 Å². The van der Waals surface area contributed by atoms with Crippen molar-refractivity contribution in [1.29, 1.82) is 0 Å². The van der Waals surface area contributed by atoms with Crippen molar-refractivity contribution in [3.63, 3.8) is 0 Å². The number of rotatable bonds is 9. The number of nitrogens with zero attached hydrogens (tertiary/aromatic N) is 3. The van der Waals surface area contributed by atoms with Crippen molar-refractivity contribution in [2.75, 3.05) is 20.7 Å². The molecule has 2 aromatic rings. The van der Waals surface area contributed by atoms with E-state index in [1.807, 2.05) is 51.3 Å². The summed E-state index contributed by atoms with van der Waals surface area (Å²) in [5.74, 6) is 1.57. The van der Waals surface area contributed by atoms with E-state index >= 15 is 0 Å². The molecule has 0 saturated carbocycles. The van der Waals surface area contributed by atoms with E-state index in [1.54, 1.807) is 7.11 Å². The summed E-state index contributed by atoms with van der Waals surface area (Å²) in [4.78, 5) is 11.2. The first-order valence-electron chi connectivity index (χ1n) is 9.45. The second-order valence-electron chi connectivity index (χ2n) is 6.85. The molecule has 0 amide bonds. The van der Waals surface area contributed by atoms with Gasteiger partial charge in [-0.05, 0) is 62.8 Å². The highest BCUT2D eigenvalue weighted by Crippen LogP contribution is 2.19. The minimum atomic E-state index is 0.0817. The molecular weight excluding hydrogens is 337 g/mol. The monoisotopic (exact) mass is 367 g/mol. The Morgan fingerprint density at radius 2 is 2.00 bits per heavy atom. The van der Waals surface area contributed by atoms with E-state index in [2.05, 4.69) is 36.0 Å². The number of aryl methyl sites for hydroxylation is 2. The number of aliphatic imine (C=N–C) groups is 1. The van der Waals surface area contributed by atoms with Gasteiger partial charge in [-0.25, -0.2) is 9.98 Å².